The van der Waals surface area contributed by atoms with Crippen LogP contribution in [0.3, 0.4) is 0 Å². The maximum Gasteiger partial charge on any atom is 0.360 e. The average molecular weight is 268 g/mol. The van der Waals surface area contributed by atoms with Crippen LogP contribution in [0.4, 0.5) is 5.88 Å². The van der Waals surface area contributed by atoms with Crippen LogP contribution in [0.25, 0.3) is 11.5 Å². The van der Waals surface area contributed by atoms with E-state index in [4.69, 9.17) is 10.2 Å². The largest absolute Gasteiger partial charge is 0.438 e. The van der Waals surface area contributed by atoms with E-state index in [-0.39, 0.29) is 16.9 Å². The van der Waals surface area contributed by atoms with Crippen molar-refractivity contribution in [2.24, 2.45) is 0 Å². The number of hydrogen-bond donors (Lipinski definition) is 3. The van der Waals surface area contributed by atoms with Crippen LogP contribution in [-0.4, -0.2) is 14.8 Å². The molecule has 0 amide bonds. The molecule has 0 bridgehead atoms. The molecule has 0 atom stereocenters. The summed E-state index contributed by atoms with van der Waals surface area (Å²) in [7, 11) is -4.47. The third-order valence-corrected chi connectivity index (χ3v) is 3.61. The maximum absolute atomic E-state index is 11.6. The second kappa shape index (κ2) is 4.57. The summed E-state index contributed by atoms with van der Waals surface area (Å²) in [5.74, 6) is 0.0646. The lowest BCUT2D eigenvalue weighted by atomic mass is 10.2. The van der Waals surface area contributed by atoms with Crippen molar-refractivity contribution < 1.29 is 18.8 Å². The molecule has 2 aromatic heterocycles. The lowest BCUT2D eigenvalue weighted by Gasteiger charge is -2.05. The van der Waals surface area contributed by atoms with Gasteiger partial charge in [0.05, 0.1) is 0 Å². The predicted octanol–water partition coefficient (Wildman–Crippen LogP) is 1.29. The summed E-state index contributed by atoms with van der Waals surface area (Å²) in [5, 5.41) is -0.166. The highest BCUT2D eigenvalue weighted by Crippen LogP contribution is 2.42. The van der Waals surface area contributed by atoms with Gasteiger partial charge in [-0.3, -0.25) is 9.55 Å². The van der Waals surface area contributed by atoms with E-state index in [9.17, 15) is 14.4 Å². The monoisotopic (exact) mass is 268 g/mol. The van der Waals surface area contributed by atoms with Crippen molar-refractivity contribution in [3.63, 3.8) is 0 Å². The van der Waals surface area contributed by atoms with Gasteiger partial charge in [0, 0.05) is 11.8 Å². The summed E-state index contributed by atoms with van der Waals surface area (Å²) in [6.07, 6.45) is 1.89. The van der Waals surface area contributed by atoms with Gasteiger partial charge in [0.25, 0.3) is 0 Å². The van der Waals surface area contributed by atoms with Gasteiger partial charge in [-0.05, 0) is 18.6 Å². The molecular formula is C11H13N2O4P. The van der Waals surface area contributed by atoms with Crippen molar-refractivity contribution in [2.75, 3.05) is 5.73 Å². The van der Waals surface area contributed by atoms with Crippen LogP contribution in [0.15, 0.2) is 28.8 Å². The number of pyridine rings is 1. The Hall–Kier alpha value is -1.62. The summed E-state index contributed by atoms with van der Waals surface area (Å²) in [6, 6.07) is 5.01. The van der Waals surface area contributed by atoms with E-state index in [0.717, 1.165) is 0 Å². The molecule has 2 aromatic rings. The Kier molecular flexibility index (Phi) is 3.26. The fraction of sp³-hybridized carbons (Fsp3) is 0.182. The normalized spacial score (nSPS) is 11.7. The van der Waals surface area contributed by atoms with Gasteiger partial charge in [-0.25, -0.2) is 0 Å². The summed E-state index contributed by atoms with van der Waals surface area (Å²) in [6.45, 7) is 1.75. The van der Waals surface area contributed by atoms with Crippen LogP contribution in [0.2, 0.25) is 0 Å². The van der Waals surface area contributed by atoms with Crippen molar-refractivity contribution in [1.82, 2.24) is 4.98 Å². The molecule has 6 nitrogen and oxygen atoms in total. The molecular weight excluding hydrogens is 255 g/mol. The number of nitrogen functional groups attached to an aromatic ring is 1. The van der Waals surface area contributed by atoms with Crippen molar-refractivity contribution in [2.45, 2.75) is 13.3 Å². The van der Waals surface area contributed by atoms with Crippen molar-refractivity contribution in [1.29, 1.82) is 0 Å². The first-order valence-electron chi connectivity index (χ1n) is 5.33. The van der Waals surface area contributed by atoms with Crippen LogP contribution in [-0.2, 0) is 11.0 Å². The lowest BCUT2D eigenvalue weighted by Crippen LogP contribution is -2.11. The highest BCUT2D eigenvalue weighted by molar-refractivity contribution is 7.60. The van der Waals surface area contributed by atoms with E-state index < -0.39 is 7.60 Å². The first-order chi connectivity index (χ1) is 8.45. The van der Waals surface area contributed by atoms with E-state index in [1.165, 1.54) is 6.20 Å². The van der Waals surface area contributed by atoms with Gasteiger partial charge in [0.2, 0.25) is 0 Å². The van der Waals surface area contributed by atoms with Gasteiger partial charge in [-0.15, -0.1) is 0 Å². The number of rotatable bonds is 3. The maximum atomic E-state index is 11.6. The third kappa shape index (κ3) is 2.18. The molecule has 0 aliphatic heterocycles. The Morgan fingerprint density at radius 2 is 2.17 bits per heavy atom. The topological polar surface area (TPSA) is 110 Å². The first kappa shape index (κ1) is 12.8. The molecule has 0 spiro atoms. The standard InChI is InChI=1S/C11H13N2O4P/c1-2-7-10(18(14,15)16)9(17-11(7)12)8-5-3-4-6-13-8/h3-6H,2,12H2,1H3,(H2,14,15,16). The van der Waals surface area contributed by atoms with E-state index in [2.05, 4.69) is 4.98 Å². The minimum Gasteiger partial charge on any atom is -0.438 e. The first-order valence-corrected chi connectivity index (χ1v) is 6.95. The molecule has 0 aliphatic carbocycles. The Morgan fingerprint density at radius 1 is 1.44 bits per heavy atom. The molecule has 18 heavy (non-hydrogen) atoms. The fourth-order valence-electron chi connectivity index (χ4n) is 1.79. The average Bonchev–Trinajstić information content (AvgIpc) is 2.67. The van der Waals surface area contributed by atoms with E-state index in [0.29, 0.717) is 17.7 Å². The van der Waals surface area contributed by atoms with Crippen molar-refractivity contribution in [3.8, 4) is 11.5 Å². The minimum absolute atomic E-state index is 0.0245. The van der Waals surface area contributed by atoms with Crippen molar-refractivity contribution >= 4 is 18.8 Å². The molecule has 4 N–H and O–H groups in total. The minimum atomic E-state index is -4.47. The van der Waals surface area contributed by atoms with E-state index in [1.54, 1.807) is 25.1 Å². The summed E-state index contributed by atoms with van der Waals surface area (Å²) in [5.41, 5.74) is 6.34. The van der Waals surface area contributed by atoms with E-state index >= 15 is 0 Å². The fourth-order valence-corrected chi connectivity index (χ4v) is 2.84. The predicted molar refractivity (Wildman–Crippen MR) is 67.4 cm³/mol. The van der Waals surface area contributed by atoms with Gasteiger partial charge >= 0.3 is 7.60 Å². The third-order valence-electron chi connectivity index (χ3n) is 2.55. The Balaban J connectivity index is 2.73. The Labute approximate surface area is 104 Å². The molecule has 0 unspecified atom stereocenters. The van der Waals surface area contributed by atoms with Crippen LogP contribution >= 0.6 is 7.60 Å². The highest BCUT2D eigenvalue weighted by atomic mass is 31.2. The second-order valence-corrected chi connectivity index (χ2v) is 5.27. The van der Waals surface area contributed by atoms with Crippen LogP contribution in [0.1, 0.15) is 12.5 Å². The zero-order valence-corrected chi connectivity index (χ0v) is 10.6. The Bertz CT molecular complexity index is 603. The smallest absolute Gasteiger partial charge is 0.360 e. The van der Waals surface area contributed by atoms with Gasteiger partial charge in [-0.2, -0.15) is 0 Å². The number of anilines is 1. The van der Waals surface area contributed by atoms with Crippen LogP contribution in [0, 0.1) is 0 Å². The van der Waals surface area contributed by atoms with Crippen molar-refractivity contribution in [3.05, 3.63) is 30.0 Å². The summed E-state index contributed by atoms with van der Waals surface area (Å²) in [4.78, 5) is 22.9. The van der Waals surface area contributed by atoms with Crippen LogP contribution in [0.5, 0.6) is 0 Å². The summed E-state index contributed by atoms with van der Waals surface area (Å²) < 4.78 is 16.8. The van der Waals surface area contributed by atoms with Gasteiger partial charge in [-0.1, -0.05) is 13.0 Å². The molecule has 0 radical (unpaired) electrons. The molecule has 7 heteroatoms. The molecule has 0 saturated carbocycles. The van der Waals surface area contributed by atoms with Gasteiger partial charge in [0.15, 0.2) is 11.6 Å². The Morgan fingerprint density at radius 3 is 2.67 bits per heavy atom. The second-order valence-electron chi connectivity index (χ2n) is 3.74. The van der Waals surface area contributed by atoms with E-state index in [1.807, 2.05) is 0 Å². The molecule has 0 aromatic carbocycles. The quantitative estimate of drug-likeness (QED) is 0.723. The molecule has 0 saturated heterocycles. The van der Waals surface area contributed by atoms with Gasteiger partial charge < -0.3 is 19.9 Å². The number of nitrogens with zero attached hydrogens (tertiary/aromatic N) is 1. The number of hydrogen-bond acceptors (Lipinski definition) is 4. The SMILES string of the molecule is CCc1c(N)oc(-c2ccccn2)c1P(=O)(O)O. The molecule has 96 valence electrons. The lowest BCUT2D eigenvalue weighted by molar-refractivity contribution is 0.387. The molecule has 2 heterocycles. The molecule has 0 aliphatic rings. The zero-order chi connectivity index (χ0) is 13.3. The van der Waals surface area contributed by atoms with Crippen LogP contribution < -0.4 is 11.0 Å². The summed E-state index contributed by atoms with van der Waals surface area (Å²) >= 11 is 0. The number of nitrogens with two attached hydrogens (primary N) is 1. The zero-order valence-electron chi connectivity index (χ0n) is 9.70. The number of furan rings is 1. The molecule has 2 rings (SSSR count). The van der Waals surface area contributed by atoms with Gasteiger partial charge in [0.1, 0.15) is 11.0 Å². The highest BCUT2D eigenvalue weighted by Gasteiger charge is 2.32. The number of aromatic nitrogens is 1. The molecule has 0 fully saturated rings.